The molecule has 1 aliphatic heterocycles. The van der Waals surface area contributed by atoms with Crippen LogP contribution < -0.4 is 5.32 Å². The van der Waals surface area contributed by atoms with Gasteiger partial charge in [0.2, 0.25) is 5.91 Å². The molecule has 9 nitrogen and oxygen atoms in total. The molecule has 0 saturated carbocycles. The van der Waals surface area contributed by atoms with Crippen molar-refractivity contribution in [3.63, 3.8) is 0 Å². The Kier molecular flexibility index (Phi) is 26.1. The summed E-state index contributed by atoms with van der Waals surface area (Å²) in [5.74, 6) is -0.158. The van der Waals surface area contributed by atoms with Crippen LogP contribution in [0, 0.1) is 0 Å². The van der Waals surface area contributed by atoms with Crippen LogP contribution in [0.3, 0.4) is 0 Å². The zero-order chi connectivity index (χ0) is 33.1. The monoisotopic (exact) mass is 644 g/mol. The van der Waals surface area contributed by atoms with Crippen LogP contribution in [0.25, 0.3) is 0 Å². The first-order chi connectivity index (χ1) is 21.8. The van der Waals surface area contributed by atoms with E-state index in [0.29, 0.717) is 12.8 Å². The Morgan fingerprint density at radius 2 is 1.24 bits per heavy atom. The summed E-state index contributed by atoms with van der Waals surface area (Å²) in [7, 11) is 0. The highest BCUT2D eigenvalue weighted by Gasteiger charge is 2.44. The summed E-state index contributed by atoms with van der Waals surface area (Å²) in [6, 6.07) is -0.726. The molecule has 0 aliphatic carbocycles. The van der Waals surface area contributed by atoms with Crippen LogP contribution in [-0.2, 0) is 14.3 Å². The first-order valence-corrected chi connectivity index (χ1v) is 18.4. The molecular formula is C36H69NO8. The van der Waals surface area contributed by atoms with Gasteiger partial charge in [-0.15, -0.1) is 0 Å². The van der Waals surface area contributed by atoms with Crippen LogP contribution in [0.2, 0.25) is 0 Å². The molecule has 6 N–H and O–H groups in total. The van der Waals surface area contributed by atoms with Gasteiger partial charge in [-0.1, -0.05) is 122 Å². The second-order valence-corrected chi connectivity index (χ2v) is 13.0. The van der Waals surface area contributed by atoms with Crippen LogP contribution >= 0.6 is 0 Å². The second kappa shape index (κ2) is 28.0. The van der Waals surface area contributed by atoms with Crippen molar-refractivity contribution in [3.05, 3.63) is 12.2 Å². The summed E-state index contributed by atoms with van der Waals surface area (Å²) in [6.07, 6.45) is 20.9. The van der Waals surface area contributed by atoms with Gasteiger partial charge in [0.15, 0.2) is 6.29 Å². The van der Waals surface area contributed by atoms with Gasteiger partial charge in [-0.05, 0) is 38.5 Å². The largest absolute Gasteiger partial charge is 0.394 e. The van der Waals surface area contributed by atoms with E-state index < -0.39 is 49.5 Å². The van der Waals surface area contributed by atoms with E-state index in [2.05, 4.69) is 31.3 Å². The highest BCUT2D eigenvalue weighted by Crippen LogP contribution is 2.23. The summed E-state index contributed by atoms with van der Waals surface area (Å²) in [6.45, 7) is 3.74. The average molecular weight is 644 g/mol. The van der Waals surface area contributed by atoms with Crippen molar-refractivity contribution >= 4 is 5.91 Å². The van der Waals surface area contributed by atoms with E-state index >= 15 is 0 Å². The minimum absolute atomic E-state index is 0.147. The van der Waals surface area contributed by atoms with Crippen LogP contribution in [0.5, 0.6) is 0 Å². The van der Waals surface area contributed by atoms with Crippen molar-refractivity contribution in [2.45, 2.75) is 198 Å². The van der Waals surface area contributed by atoms with E-state index in [-0.39, 0.29) is 12.5 Å². The summed E-state index contributed by atoms with van der Waals surface area (Å²) in [5, 5.41) is 53.8. The van der Waals surface area contributed by atoms with Crippen molar-refractivity contribution in [2.75, 3.05) is 13.2 Å². The summed E-state index contributed by atoms with van der Waals surface area (Å²) in [4.78, 5) is 12.8. The van der Waals surface area contributed by atoms with Crippen LogP contribution in [0.1, 0.15) is 155 Å². The van der Waals surface area contributed by atoms with Crippen molar-refractivity contribution in [1.82, 2.24) is 5.32 Å². The van der Waals surface area contributed by atoms with E-state index in [9.17, 15) is 30.3 Å². The van der Waals surface area contributed by atoms with Crippen molar-refractivity contribution in [2.24, 2.45) is 0 Å². The topological polar surface area (TPSA) is 149 Å². The Morgan fingerprint density at radius 1 is 0.733 bits per heavy atom. The van der Waals surface area contributed by atoms with E-state index in [0.717, 1.165) is 44.9 Å². The quantitative estimate of drug-likeness (QED) is 0.0441. The van der Waals surface area contributed by atoms with Gasteiger partial charge < -0.3 is 40.3 Å². The maximum atomic E-state index is 12.8. The SMILES string of the molecule is CCCCC/C=C/CCCC[C@@H](O)[C@H](CO[C@H]1O[C@@H](CO)[C@H](O)C(O)C1O)NC(=O)CCCCCCCCCCCCCCC. The Morgan fingerprint density at radius 3 is 1.80 bits per heavy atom. The minimum atomic E-state index is -1.55. The maximum Gasteiger partial charge on any atom is 0.220 e. The molecule has 45 heavy (non-hydrogen) atoms. The molecule has 1 aliphatic rings. The number of allylic oxidation sites excluding steroid dienone is 2. The van der Waals surface area contributed by atoms with Crippen molar-refractivity contribution < 1.29 is 39.8 Å². The lowest BCUT2D eigenvalue weighted by Crippen LogP contribution is -2.60. The van der Waals surface area contributed by atoms with Gasteiger partial charge in [0, 0.05) is 6.42 Å². The van der Waals surface area contributed by atoms with Crippen LogP contribution in [0.15, 0.2) is 12.2 Å². The van der Waals surface area contributed by atoms with Crippen molar-refractivity contribution in [3.8, 4) is 0 Å². The van der Waals surface area contributed by atoms with E-state index in [4.69, 9.17) is 9.47 Å². The number of amides is 1. The number of carbonyl (C=O) groups excluding carboxylic acids is 1. The molecule has 1 amide bonds. The maximum absolute atomic E-state index is 12.8. The van der Waals surface area contributed by atoms with Gasteiger partial charge in [-0.3, -0.25) is 4.79 Å². The number of unbranched alkanes of at least 4 members (excludes halogenated alkanes) is 17. The minimum Gasteiger partial charge on any atom is -0.394 e. The summed E-state index contributed by atoms with van der Waals surface area (Å²) < 4.78 is 11.1. The number of rotatable bonds is 29. The Balaban J connectivity index is 2.44. The molecule has 266 valence electrons. The van der Waals surface area contributed by atoms with Gasteiger partial charge in [-0.2, -0.15) is 0 Å². The number of aliphatic hydroxyl groups is 5. The average Bonchev–Trinajstić information content (AvgIpc) is 3.04. The first kappa shape index (κ1) is 42.0. The Labute approximate surface area is 274 Å². The number of aliphatic hydroxyl groups excluding tert-OH is 5. The molecule has 1 heterocycles. The molecular weight excluding hydrogens is 574 g/mol. The lowest BCUT2D eigenvalue weighted by atomic mass is 9.99. The molecule has 0 aromatic heterocycles. The standard InChI is InChI=1S/C36H69NO8/c1-3-5-7-9-11-13-14-15-16-18-20-22-24-26-32(40)37-29(30(39)25-23-21-19-17-12-10-8-6-4-2)28-44-36-35(43)34(42)33(41)31(27-38)45-36/h12,17,29-31,33-36,38-39,41-43H,3-11,13-16,18-28H2,1-2H3,(H,37,40)/b17-12+/t29-,30+,31-,33-,34?,35?,36-/m0/s1. The lowest BCUT2D eigenvalue weighted by Gasteiger charge is -2.40. The fourth-order valence-electron chi connectivity index (χ4n) is 5.80. The van der Waals surface area contributed by atoms with Crippen LogP contribution in [0.4, 0.5) is 0 Å². The molecule has 2 unspecified atom stereocenters. The van der Waals surface area contributed by atoms with Gasteiger partial charge in [0.1, 0.15) is 24.4 Å². The van der Waals surface area contributed by atoms with Gasteiger partial charge in [-0.25, -0.2) is 0 Å². The van der Waals surface area contributed by atoms with Crippen molar-refractivity contribution in [1.29, 1.82) is 0 Å². The molecule has 1 saturated heterocycles. The molecule has 0 aromatic carbocycles. The normalized spacial score (nSPS) is 23.4. The molecule has 7 atom stereocenters. The number of ether oxygens (including phenoxy) is 2. The summed E-state index contributed by atoms with van der Waals surface area (Å²) in [5.41, 5.74) is 0. The fraction of sp³-hybridized carbons (Fsp3) is 0.917. The third-order valence-corrected chi connectivity index (χ3v) is 8.87. The first-order valence-electron chi connectivity index (χ1n) is 18.4. The number of nitrogens with one attached hydrogen (secondary N) is 1. The molecule has 1 fully saturated rings. The molecule has 0 spiro atoms. The Hall–Kier alpha value is -1.07. The zero-order valence-electron chi connectivity index (χ0n) is 28.6. The highest BCUT2D eigenvalue weighted by atomic mass is 16.7. The van der Waals surface area contributed by atoms with Gasteiger partial charge in [0.05, 0.1) is 25.4 Å². The molecule has 9 heteroatoms. The summed E-state index contributed by atoms with van der Waals surface area (Å²) >= 11 is 0. The molecule has 0 aromatic rings. The predicted molar refractivity (Wildman–Crippen MR) is 180 cm³/mol. The molecule has 0 radical (unpaired) electrons. The van der Waals surface area contributed by atoms with E-state index in [1.807, 2.05) is 0 Å². The number of hydrogen-bond donors (Lipinski definition) is 6. The number of hydrogen-bond acceptors (Lipinski definition) is 8. The molecule has 1 rings (SSSR count). The fourth-order valence-corrected chi connectivity index (χ4v) is 5.80. The van der Waals surface area contributed by atoms with Gasteiger partial charge >= 0.3 is 0 Å². The second-order valence-electron chi connectivity index (χ2n) is 13.0. The van der Waals surface area contributed by atoms with E-state index in [1.165, 1.54) is 83.5 Å². The third kappa shape index (κ3) is 20.0. The lowest BCUT2D eigenvalue weighted by molar-refractivity contribution is -0.302. The Bertz CT molecular complexity index is 721. The highest BCUT2D eigenvalue weighted by molar-refractivity contribution is 5.76. The molecule has 0 bridgehead atoms. The zero-order valence-corrected chi connectivity index (χ0v) is 28.6. The predicted octanol–water partition coefficient (Wildman–Crippen LogP) is 5.83. The van der Waals surface area contributed by atoms with Crippen LogP contribution in [-0.4, -0.2) is 87.5 Å². The third-order valence-electron chi connectivity index (χ3n) is 8.87. The smallest absolute Gasteiger partial charge is 0.220 e. The van der Waals surface area contributed by atoms with E-state index in [1.54, 1.807) is 0 Å². The van der Waals surface area contributed by atoms with Gasteiger partial charge in [0.25, 0.3) is 0 Å². The number of carbonyl (C=O) groups is 1.